The van der Waals surface area contributed by atoms with Crippen molar-refractivity contribution in [2.45, 2.75) is 25.6 Å². The van der Waals surface area contributed by atoms with Crippen molar-refractivity contribution in [1.29, 1.82) is 5.26 Å². The van der Waals surface area contributed by atoms with Gasteiger partial charge >= 0.3 is 0 Å². The molecule has 0 aliphatic carbocycles. The van der Waals surface area contributed by atoms with Gasteiger partial charge in [0.25, 0.3) is 0 Å². The number of nitriles is 1. The molecule has 1 rings (SSSR count). The van der Waals surface area contributed by atoms with Crippen LogP contribution in [0.3, 0.4) is 0 Å². The van der Waals surface area contributed by atoms with Crippen LogP contribution in [0.15, 0.2) is 22.7 Å². The molecule has 0 aliphatic rings. The molecule has 4 heteroatoms. The molecule has 1 aromatic rings. The van der Waals surface area contributed by atoms with E-state index in [1.807, 2.05) is 32.0 Å². The van der Waals surface area contributed by atoms with E-state index >= 15 is 0 Å². The molecule has 0 heterocycles. The topological polar surface area (TPSA) is 33.0 Å². The first kappa shape index (κ1) is 14.5. The van der Waals surface area contributed by atoms with Crippen LogP contribution in [-0.2, 0) is 5.33 Å². The average molecular weight is 361 g/mol. The third-order valence-corrected chi connectivity index (χ3v) is 3.84. The molecule has 0 spiro atoms. The molecule has 17 heavy (non-hydrogen) atoms. The van der Waals surface area contributed by atoms with Gasteiger partial charge in [-0.1, -0.05) is 31.9 Å². The second kappa shape index (κ2) is 6.42. The molecule has 0 aromatic heterocycles. The van der Waals surface area contributed by atoms with Crippen LogP contribution in [0.4, 0.5) is 0 Å². The Hall–Kier alpha value is -0.530. The van der Waals surface area contributed by atoms with E-state index in [1.54, 1.807) is 0 Å². The molecule has 92 valence electrons. The monoisotopic (exact) mass is 359 g/mol. The van der Waals surface area contributed by atoms with Gasteiger partial charge in [0.05, 0.1) is 18.1 Å². The summed E-state index contributed by atoms with van der Waals surface area (Å²) in [5.41, 5.74) is 0.829. The maximum absolute atomic E-state index is 8.89. The predicted octanol–water partition coefficient (Wildman–Crippen LogP) is 4.66. The average Bonchev–Trinajstić information content (AvgIpc) is 2.31. The van der Waals surface area contributed by atoms with E-state index in [0.717, 1.165) is 27.5 Å². The molecule has 0 radical (unpaired) electrons. The van der Waals surface area contributed by atoms with E-state index in [0.29, 0.717) is 6.61 Å². The summed E-state index contributed by atoms with van der Waals surface area (Å²) in [6, 6.07) is 8.16. The summed E-state index contributed by atoms with van der Waals surface area (Å²) >= 11 is 6.90. The summed E-state index contributed by atoms with van der Waals surface area (Å²) in [6.45, 7) is 4.40. The first-order valence-corrected chi connectivity index (χ1v) is 7.28. The van der Waals surface area contributed by atoms with Gasteiger partial charge in [0, 0.05) is 9.80 Å². The lowest BCUT2D eigenvalue weighted by Gasteiger charge is -2.15. The number of halogens is 2. The van der Waals surface area contributed by atoms with E-state index in [9.17, 15) is 0 Å². The normalized spacial score (nSPS) is 11.0. The zero-order chi connectivity index (χ0) is 12.9. The molecule has 0 saturated carbocycles. The Morgan fingerprint density at radius 3 is 2.71 bits per heavy atom. The number of alkyl halides is 1. The smallest absolute Gasteiger partial charge is 0.119 e. The van der Waals surface area contributed by atoms with Gasteiger partial charge in [-0.25, -0.2) is 0 Å². The third-order valence-electron chi connectivity index (χ3n) is 2.46. The zero-order valence-corrected chi connectivity index (χ0v) is 13.1. The Kier molecular flexibility index (Phi) is 5.48. The molecule has 0 N–H and O–H groups in total. The van der Waals surface area contributed by atoms with Crippen LogP contribution in [-0.4, -0.2) is 6.61 Å². The minimum atomic E-state index is -0.326. The second-order valence-corrected chi connectivity index (χ2v) is 5.90. The highest BCUT2D eigenvalue weighted by molar-refractivity contribution is 9.10. The summed E-state index contributed by atoms with van der Waals surface area (Å²) in [6.07, 6.45) is 0.725. The number of hydrogen-bond acceptors (Lipinski definition) is 2. The van der Waals surface area contributed by atoms with Gasteiger partial charge in [-0.15, -0.1) is 0 Å². The third kappa shape index (κ3) is 4.69. The zero-order valence-electron chi connectivity index (χ0n) is 9.96. The van der Waals surface area contributed by atoms with Crippen molar-refractivity contribution in [3.63, 3.8) is 0 Å². The van der Waals surface area contributed by atoms with Gasteiger partial charge < -0.3 is 4.74 Å². The van der Waals surface area contributed by atoms with Crippen LogP contribution in [0, 0.1) is 16.7 Å². The highest BCUT2D eigenvalue weighted by atomic mass is 79.9. The maximum atomic E-state index is 8.89. The number of rotatable bonds is 5. The SMILES string of the molecule is CC(C)(C#N)CCOc1ccc(Br)c(CBr)c1. The van der Waals surface area contributed by atoms with Gasteiger partial charge in [0.2, 0.25) is 0 Å². The van der Waals surface area contributed by atoms with Crippen molar-refractivity contribution in [2.24, 2.45) is 5.41 Å². The maximum Gasteiger partial charge on any atom is 0.119 e. The van der Waals surface area contributed by atoms with Crippen LogP contribution in [0.2, 0.25) is 0 Å². The second-order valence-electron chi connectivity index (χ2n) is 4.48. The molecule has 0 amide bonds. The largest absolute Gasteiger partial charge is 0.494 e. The van der Waals surface area contributed by atoms with Gasteiger partial charge in [0.15, 0.2) is 0 Å². The fraction of sp³-hybridized carbons (Fsp3) is 0.462. The predicted molar refractivity (Wildman–Crippen MR) is 76.3 cm³/mol. The van der Waals surface area contributed by atoms with Crippen LogP contribution in [0.25, 0.3) is 0 Å². The van der Waals surface area contributed by atoms with Gasteiger partial charge in [0.1, 0.15) is 5.75 Å². The molecular formula is C13H15Br2NO. The summed E-state index contributed by atoms with van der Waals surface area (Å²) in [5, 5.41) is 9.68. The molecule has 0 saturated heterocycles. The highest BCUT2D eigenvalue weighted by Crippen LogP contribution is 2.25. The summed E-state index contributed by atoms with van der Waals surface area (Å²) in [4.78, 5) is 0. The molecule has 0 fully saturated rings. The van der Waals surface area contributed by atoms with E-state index in [1.165, 1.54) is 0 Å². The van der Waals surface area contributed by atoms with E-state index in [4.69, 9.17) is 10.00 Å². The minimum absolute atomic E-state index is 0.326. The number of ether oxygens (including phenoxy) is 1. The Morgan fingerprint density at radius 1 is 1.41 bits per heavy atom. The number of hydrogen-bond donors (Lipinski definition) is 0. The van der Waals surface area contributed by atoms with Crippen molar-refractivity contribution in [3.8, 4) is 11.8 Å². The standard InChI is InChI=1S/C13H15Br2NO/c1-13(2,9-16)5-6-17-11-3-4-12(15)10(7-11)8-14/h3-4,7H,5-6,8H2,1-2H3. The minimum Gasteiger partial charge on any atom is -0.494 e. The van der Waals surface area contributed by atoms with Crippen LogP contribution in [0.5, 0.6) is 5.75 Å². The summed E-state index contributed by atoms with van der Waals surface area (Å²) in [7, 11) is 0. The lowest BCUT2D eigenvalue weighted by atomic mass is 9.92. The Balaban J connectivity index is 2.56. The fourth-order valence-corrected chi connectivity index (χ4v) is 2.45. The Bertz CT molecular complexity index is 424. The Labute approximate surface area is 119 Å². The Morgan fingerprint density at radius 2 is 2.12 bits per heavy atom. The number of benzene rings is 1. The first-order valence-electron chi connectivity index (χ1n) is 5.37. The van der Waals surface area contributed by atoms with Crippen molar-refractivity contribution >= 4 is 31.9 Å². The molecule has 2 nitrogen and oxygen atoms in total. The van der Waals surface area contributed by atoms with Gasteiger partial charge in [-0.2, -0.15) is 5.26 Å². The van der Waals surface area contributed by atoms with Crippen molar-refractivity contribution in [3.05, 3.63) is 28.2 Å². The molecule has 0 bridgehead atoms. The molecule has 1 aromatic carbocycles. The van der Waals surface area contributed by atoms with E-state index in [-0.39, 0.29) is 5.41 Å². The molecule has 0 atom stereocenters. The lowest BCUT2D eigenvalue weighted by Crippen LogP contribution is -2.13. The van der Waals surface area contributed by atoms with E-state index in [2.05, 4.69) is 37.9 Å². The van der Waals surface area contributed by atoms with Crippen molar-refractivity contribution in [2.75, 3.05) is 6.61 Å². The number of nitrogens with zero attached hydrogens (tertiary/aromatic N) is 1. The van der Waals surface area contributed by atoms with Gasteiger partial charge in [-0.3, -0.25) is 0 Å². The first-order chi connectivity index (χ1) is 7.98. The summed E-state index contributed by atoms with van der Waals surface area (Å²) < 4.78 is 6.72. The fourth-order valence-electron chi connectivity index (χ4n) is 1.22. The molecular weight excluding hydrogens is 346 g/mol. The van der Waals surface area contributed by atoms with Crippen molar-refractivity contribution in [1.82, 2.24) is 0 Å². The van der Waals surface area contributed by atoms with Crippen LogP contribution >= 0.6 is 31.9 Å². The highest BCUT2D eigenvalue weighted by Gasteiger charge is 2.16. The molecule has 0 aliphatic heterocycles. The van der Waals surface area contributed by atoms with Crippen LogP contribution < -0.4 is 4.74 Å². The van der Waals surface area contributed by atoms with Crippen LogP contribution in [0.1, 0.15) is 25.8 Å². The summed E-state index contributed by atoms with van der Waals surface area (Å²) in [5.74, 6) is 0.844. The van der Waals surface area contributed by atoms with E-state index < -0.39 is 0 Å². The quantitative estimate of drug-likeness (QED) is 0.715. The lowest BCUT2D eigenvalue weighted by molar-refractivity contribution is 0.264. The van der Waals surface area contributed by atoms with Gasteiger partial charge in [-0.05, 0) is 44.0 Å². The van der Waals surface area contributed by atoms with Crippen molar-refractivity contribution < 1.29 is 4.74 Å². The molecule has 0 unspecified atom stereocenters.